The van der Waals surface area contributed by atoms with E-state index in [1.54, 1.807) is 0 Å². The maximum Gasteiger partial charge on any atom is 0.119 e. The van der Waals surface area contributed by atoms with E-state index in [1.165, 1.54) is 6.42 Å². The molecule has 1 heterocycles. The molecule has 3 heteroatoms. The largest absolute Gasteiger partial charge is 0.491 e. The van der Waals surface area contributed by atoms with Crippen LogP contribution < -0.4 is 10.1 Å². The van der Waals surface area contributed by atoms with Gasteiger partial charge in [-0.2, -0.15) is 0 Å². The highest BCUT2D eigenvalue weighted by atomic mass is 32.1. The van der Waals surface area contributed by atoms with Crippen LogP contribution in [0.15, 0.2) is 30.3 Å². The molecule has 0 saturated carbocycles. The molecular weight excluding hydrogens is 206 g/mol. The predicted molar refractivity (Wildman–Crippen MR) is 65.3 cm³/mol. The van der Waals surface area contributed by atoms with Crippen molar-refractivity contribution >= 4 is 17.2 Å². The summed E-state index contributed by atoms with van der Waals surface area (Å²) in [6.45, 7) is 0.699. The summed E-state index contributed by atoms with van der Waals surface area (Å²) >= 11 is 5.15. The van der Waals surface area contributed by atoms with Gasteiger partial charge in [-0.05, 0) is 31.4 Å². The average molecular weight is 221 g/mol. The van der Waals surface area contributed by atoms with Crippen molar-refractivity contribution in [1.82, 2.24) is 5.32 Å². The molecule has 1 fully saturated rings. The summed E-state index contributed by atoms with van der Waals surface area (Å²) in [4.78, 5) is 0.975. The van der Waals surface area contributed by atoms with Crippen LogP contribution in [0.5, 0.6) is 5.75 Å². The number of rotatable bonds is 3. The summed E-state index contributed by atoms with van der Waals surface area (Å²) in [5.74, 6) is 0.927. The first-order valence-electron chi connectivity index (χ1n) is 5.32. The van der Waals surface area contributed by atoms with Crippen LogP contribution in [-0.4, -0.2) is 17.6 Å². The van der Waals surface area contributed by atoms with Gasteiger partial charge in [0, 0.05) is 0 Å². The minimum Gasteiger partial charge on any atom is -0.491 e. The molecular formula is C12H15NOS. The van der Waals surface area contributed by atoms with Crippen LogP contribution >= 0.6 is 12.2 Å². The lowest BCUT2D eigenvalue weighted by molar-refractivity contribution is 0.264. The Labute approximate surface area is 95.6 Å². The fourth-order valence-corrected chi connectivity index (χ4v) is 2.03. The number of para-hydroxylation sites is 1. The Bertz CT molecular complexity index is 326. The molecule has 2 nitrogen and oxygen atoms in total. The van der Waals surface area contributed by atoms with Crippen molar-refractivity contribution in [3.63, 3.8) is 0 Å². The molecule has 1 aromatic carbocycles. The molecule has 0 radical (unpaired) electrons. The van der Waals surface area contributed by atoms with Crippen molar-refractivity contribution in [3.05, 3.63) is 30.3 Å². The number of piperidine rings is 1. The maximum absolute atomic E-state index is 5.67. The highest BCUT2D eigenvalue weighted by Gasteiger charge is 2.15. The zero-order valence-electron chi connectivity index (χ0n) is 8.61. The molecule has 2 rings (SSSR count). The van der Waals surface area contributed by atoms with Crippen molar-refractivity contribution in [1.29, 1.82) is 0 Å². The minimum absolute atomic E-state index is 0.381. The van der Waals surface area contributed by atoms with Crippen LogP contribution in [-0.2, 0) is 0 Å². The SMILES string of the molecule is S=C1CCCC(COc2ccccc2)N1. The lowest BCUT2D eigenvalue weighted by Gasteiger charge is -2.25. The topological polar surface area (TPSA) is 21.3 Å². The van der Waals surface area contributed by atoms with E-state index in [4.69, 9.17) is 17.0 Å². The normalized spacial score (nSPS) is 20.8. The zero-order chi connectivity index (χ0) is 10.5. The smallest absolute Gasteiger partial charge is 0.119 e. The van der Waals surface area contributed by atoms with Gasteiger partial charge < -0.3 is 10.1 Å². The maximum atomic E-state index is 5.67. The Morgan fingerprint density at radius 1 is 1.33 bits per heavy atom. The summed E-state index contributed by atoms with van der Waals surface area (Å²) in [6, 6.07) is 10.3. The second kappa shape index (κ2) is 5.12. The molecule has 0 aromatic heterocycles. The van der Waals surface area contributed by atoms with Crippen LogP contribution in [0.4, 0.5) is 0 Å². The predicted octanol–water partition coefficient (Wildman–Crippen LogP) is 2.53. The first-order valence-corrected chi connectivity index (χ1v) is 5.72. The van der Waals surface area contributed by atoms with E-state index in [-0.39, 0.29) is 0 Å². The van der Waals surface area contributed by atoms with Gasteiger partial charge in [0.05, 0.1) is 11.0 Å². The molecule has 1 aromatic rings. The molecule has 1 N–H and O–H groups in total. The second-order valence-corrected chi connectivity index (χ2v) is 4.27. The molecule has 1 unspecified atom stereocenters. The van der Waals surface area contributed by atoms with E-state index in [2.05, 4.69) is 5.32 Å². The number of hydrogen-bond donors (Lipinski definition) is 1. The second-order valence-electron chi connectivity index (χ2n) is 3.78. The van der Waals surface area contributed by atoms with Crippen molar-refractivity contribution in [2.75, 3.05) is 6.61 Å². The molecule has 80 valence electrons. The van der Waals surface area contributed by atoms with E-state index in [1.807, 2.05) is 30.3 Å². The fourth-order valence-electron chi connectivity index (χ4n) is 1.72. The molecule has 15 heavy (non-hydrogen) atoms. The first-order chi connectivity index (χ1) is 7.34. The molecule has 0 bridgehead atoms. The van der Waals surface area contributed by atoms with Gasteiger partial charge in [0.1, 0.15) is 12.4 Å². The number of benzene rings is 1. The van der Waals surface area contributed by atoms with Crippen LogP contribution in [0.25, 0.3) is 0 Å². The molecule has 1 aliphatic rings. The van der Waals surface area contributed by atoms with Crippen LogP contribution in [0.3, 0.4) is 0 Å². The highest BCUT2D eigenvalue weighted by Crippen LogP contribution is 2.13. The fraction of sp³-hybridized carbons (Fsp3) is 0.417. The van der Waals surface area contributed by atoms with Gasteiger partial charge in [0.15, 0.2) is 0 Å². The Morgan fingerprint density at radius 2 is 2.13 bits per heavy atom. The molecule has 0 amide bonds. The summed E-state index contributed by atoms with van der Waals surface area (Å²) in [7, 11) is 0. The third-order valence-corrected chi connectivity index (χ3v) is 2.84. The van der Waals surface area contributed by atoms with Crippen molar-refractivity contribution < 1.29 is 4.74 Å². The molecule has 0 spiro atoms. The number of thiocarbonyl (C=S) groups is 1. The number of ether oxygens (including phenoxy) is 1. The third kappa shape index (κ3) is 3.20. The Kier molecular flexibility index (Phi) is 3.56. The molecule has 0 aliphatic carbocycles. The van der Waals surface area contributed by atoms with E-state index >= 15 is 0 Å². The summed E-state index contributed by atoms with van der Waals surface area (Å²) in [5, 5.41) is 3.29. The quantitative estimate of drug-likeness (QED) is 0.793. The van der Waals surface area contributed by atoms with Gasteiger partial charge in [-0.25, -0.2) is 0 Å². The van der Waals surface area contributed by atoms with E-state index in [0.717, 1.165) is 23.6 Å². The van der Waals surface area contributed by atoms with E-state index in [0.29, 0.717) is 12.6 Å². The Hall–Kier alpha value is -1.09. The van der Waals surface area contributed by atoms with Crippen LogP contribution in [0, 0.1) is 0 Å². The van der Waals surface area contributed by atoms with Crippen LogP contribution in [0.1, 0.15) is 19.3 Å². The van der Waals surface area contributed by atoms with Crippen molar-refractivity contribution in [3.8, 4) is 5.75 Å². The lowest BCUT2D eigenvalue weighted by atomic mass is 10.1. The van der Waals surface area contributed by atoms with E-state index in [9.17, 15) is 0 Å². The third-order valence-electron chi connectivity index (χ3n) is 2.52. The summed E-state index contributed by atoms with van der Waals surface area (Å²) in [5.41, 5.74) is 0. The van der Waals surface area contributed by atoms with Gasteiger partial charge in [0.2, 0.25) is 0 Å². The molecule has 1 saturated heterocycles. The lowest BCUT2D eigenvalue weighted by Crippen LogP contribution is -2.41. The van der Waals surface area contributed by atoms with Crippen molar-refractivity contribution in [2.24, 2.45) is 0 Å². The first kappa shape index (κ1) is 10.4. The summed E-state index contributed by atoms with van der Waals surface area (Å²) in [6.07, 6.45) is 3.35. The van der Waals surface area contributed by atoms with Gasteiger partial charge >= 0.3 is 0 Å². The zero-order valence-corrected chi connectivity index (χ0v) is 9.43. The highest BCUT2D eigenvalue weighted by molar-refractivity contribution is 7.80. The number of nitrogens with one attached hydrogen (secondary N) is 1. The van der Waals surface area contributed by atoms with Gasteiger partial charge in [-0.3, -0.25) is 0 Å². The van der Waals surface area contributed by atoms with Crippen molar-refractivity contribution in [2.45, 2.75) is 25.3 Å². The van der Waals surface area contributed by atoms with Crippen LogP contribution in [0.2, 0.25) is 0 Å². The molecule has 1 atom stereocenters. The van der Waals surface area contributed by atoms with Gasteiger partial charge in [0.25, 0.3) is 0 Å². The monoisotopic (exact) mass is 221 g/mol. The Balaban J connectivity index is 1.80. The van der Waals surface area contributed by atoms with E-state index < -0.39 is 0 Å². The van der Waals surface area contributed by atoms with Gasteiger partial charge in [-0.15, -0.1) is 0 Å². The molecule has 1 aliphatic heterocycles. The minimum atomic E-state index is 0.381. The standard InChI is InChI=1S/C12H15NOS/c15-12-8-4-5-10(13-12)9-14-11-6-2-1-3-7-11/h1-3,6-7,10H,4-5,8-9H2,(H,13,15). The number of hydrogen-bond acceptors (Lipinski definition) is 2. The summed E-state index contributed by atoms with van der Waals surface area (Å²) < 4.78 is 5.67. The Morgan fingerprint density at radius 3 is 2.87 bits per heavy atom. The van der Waals surface area contributed by atoms with Gasteiger partial charge in [-0.1, -0.05) is 30.4 Å². The average Bonchev–Trinajstić information content (AvgIpc) is 2.28.